The van der Waals surface area contributed by atoms with Gasteiger partial charge in [-0.25, -0.2) is 0 Å². The molecule has 0 spiro atoms. The minimum absolute atomic E-state index is 0.0382. The molecule has 0 radical (unpaired) electrons. The molecule has 4 N–H and O–H groups in total. The number of carbonyl (C=O) groups excluding carboxylic acids is 2. The van der Waals surface area contributed by atoms with Crippen LogP contribution in [0.25, 0.3) is 0 Å². The summed E-state index contributed by atoms with van der Waals surface area (Å²) in [4.78, 5) is 25.9. The number of nitrogens with zero attached hydrogens (tertiary/aromatic N) is 1. The smallest absolute Gasteiger partial charge is 0.240 e. The third-order valence-corrected chi connectivity index (χ3v) is 4.79. The lowest BCUT2D eigenvalue weighted by molar-refractivity contribution is -0.147. The molecule has 2 amide bonds. The Morgan fingerprint density at radius 1 is 1.11 bits per heavy atom. The fourth-order valence-corrected chi connectivity index (χ4v) is 3.45. The van der Waals surface area contributed by atoms with Gasteiger partial charge in [0.1, 0.15) is 6.04 Å². The van der Waals surface area contributed by atoms with E-state index in [0.29, 0.717) is 13.0 Å². The van der Waals surface area contributed by atoms with Crippen LogP contribution < -0.4 is 11.5 Å². The highest BCUT2D eigenvalue weighted by atomic mass is 16.2. The molecule has 1 saturated heterocycles. The maximum Gasteiger partial charge on any atom is 0.240 e. The van der Waals surface area contributed by atoms with Crippen LogP contribution in [0.5, 0.6) is 0 Å². The fraction of sp³-hybridized carbons (Fsp3) is 0.857. The first kappa shape index (κ1) is 14.3. The third-order valence-electron chi connectivity index (χ3n) is 4.79. The Balaban J connectivity index is 2.10. The van der Waals surface area contributed by atoms with Crippen LogP contribution in [-0.2, 0) is 9.59 Å². The van der Waals surface area contributed by atoms with E-state index < -0.39 is 6.04 Å². The lowest BCUT2D eigenvalue weighted by Gasteiger charge is -2.40. The number of hydrogen-bond acceptors (Lipinski definition) is 3. The van der Waals surface area contributed by atoms with Crippen molar-refractivity contribution in [2.24, 2.45) is 23.3 Å². The number of rotatable bonds is 2. The van der Waals surface area contributed by atoms with Crippen molar-refractivity contribution < 1.29 is 9.59 Å². The van der Waals surface area contributed by atoms with Crippen LogP contribution in [-0.4, -0.2) is 35.3 Å². The molecule has 4 unspecified atom stereocenters. The molecule has 1 saturated carbocycles. The average molecular weight is 267 g/mol. The summed E-state index contributed by atoms with van der Waals surface area (Å²) in [7, 11) is 0. The number of likely N-dealkylation sites (tertiary alicyclic amines) is 1. The van der Waals surface area contributed by atoms with Gasteiger partial charge in [-0.3, -0.25) is 9.59 Å². The normalized spacial score (nSPS) is 36.0. The molecule has 1 aliphatic heterocycles. The van der Waals surface area contributed by atoms with Crippen molar-refractivity contribution in [3.8, 4) is 0 Å². The largest absolute Gasteiger partial charge is 0.368 e. The maximum atomic E-state index is 12.7. The molecule has 5 heteroatoms. The highest BCUT2D eigenvalue weighted by Gasteiger charge is 2.39. The number of hydrogen-bond donors (Lipinski definition) is 2. The van der Waals surface area contributed by atoms with Gasteiger partial charge in [0.05, 0.1) is 0 Å². The van der Waals surface area contributed by atoms with Crippen molar-refractivity contribution in [3.05, 3.63) is 0 Å². The highest BCUT2D eigenvalue weighted by molar-refractivity contribution is 5.88. The fourth-order valence-electron chi connectivity index (χ4n) is 3.45. The minimum Gasteiger partial charge on any atom is -0.368 e. The van der Waals surface area contributed by atoms with Gasteiger partial charge in [-0.2, -0.15) is 0 Å². The van der Waals surface area contributed by atoms with Gasteiger partial charge in [-0.1, -0.05) is 13.3 Å². The van der Waals surface area contributed by atoms with Crippen molar-refractivity contribution >= 4 is 11.8 Å². The Labute approximate surface area is 114 Å². The van der Waals surface area contributed by atoms with Crippen molar-refractivity contribution in [3.63, 3.8) is 0 Å². The first-order valence-corrected chi connectivity index (χ1v) is 7.37. The lowest BCUT2D eigenvalue weighted by Crippen LogP contribution is -2.54. The summed E-state index contributed by atoms with van der Waals surface area (Å²) in [5.74, 6) is -0.132. The monoisotopic (exact) mass is 267 g/mol. The number of amides is 2. The molecule has 0 bridgehead atoms. The second-order valence-electron chi connectivity index (χ2n) is 6.01. The molecular formula is C14H25N3O2. The van der Waals surface area contributed by atoms with E-state index in [-0.39, 0.29) is 29.7 Å². The van der Waals surface area contributed by atoms with Crippen molar-refractivity contribution in [1.82, 2.24) is 4.90 Å². The SMILES string of the molecule is CC1C(N)CCCC1C(=O)N1CCCCC1C(N)=O. The van der Waals surface area contributed by atoms with Crippen molar-refractivity contribution in [1.29, 1.82) is 0 Å². The van der Waals surface area contributed by atoms with E-state index in [9.17, 15) is 9.59 Å². The van der Waals surface area contributed by atoms with E-state index in [4.69, 9.17) is 11.5 Å². The maximum absolute atomic E-state index is 12.7. The summed E-state index contributed by atoms with van der Waals surface area (Å²) in [6.45, 7) is 2.71. The zero-order chi connectivity index (χ0) is 14.0. The molecule has 0 aromatic carbocycles. The molecule has 108 valence electrons. The van der Waals surface area contributed by atoms with Gasteiger partial charge in [-0.15, -0.1) is 0 Å². The zero-order valence-electron chi connectivity index (χ0n) is 11.7. The van der Waals surface area contributed by atoms with Crippen molar-refractivity contribution in [2.45, 2.75) is 57.5 Å². The molecule has 1 aliphatic carbocycles. The van der Waals surface area contributed by atoms with Gasteiger partial charge in [-0.05, 0) is 38.0 Å². The molecular weight excluding hydrogens is 242 g/mol. The molecule has 2 aliphatic rings. The van der Waals surface area contributed by atoms with Gasteiger partial charge in [0.25, 0.3) is 0 Å². The van der Waals surface area contributed by atoms with Crippen LogP contribution in [0.4, 0.5) is 0 Å². The Bertz CT molecular complexity index is 359. The molecule has 19 heavy (non-hydrogen) atoms. The summed E-state index contributed by atoms with van der Waals surface area (Å²) in [5.41, 5.74) is 11.5. The van der Waals surface area contributed by atoms with Crippen LogP contribution >= 0.6 is 0 Å². The van der Waals surface area contributed by atoms with Crippen LogP contribution in [0.15, 0.2) is 0 Å². The van der Waals surface area contributed by atoms with E-state index >= 15 is 0 Å². The number of primary amides is 1. The van der Waals surface area contributed by atoms with Gasteiger partial charge >= 0.3 is 0 Å². The van der Waals surface area contributed by atoms with Gasteiger partial charge in [0.2, 0.25) is 11.8 Å². The molecule has 0 aromatic rings. The Kier molecular flexibility index (Phi) is 4.45. The summed E-state index contributed by atoms with van der Waals surface area (Å²) < 4.78 is 0. The van der Waals surface area contributed by atoms with Gasteiger partial charge < -0.3 is 16.4 Å². The summed E-state index contributed by atoms with van der Waals surface area (Å²) in [5, 5.41) is 0. The molecule has 5 nitrogen and oxygen atoms in total. The Hall–Kier alpha value is -1.10. The molecule has 1 heterocycles. The highest BCUT2D eigenvalue weighted by Crippen LogP contribution is 2.32. The zero-order valence-corrected chi connectivity index (χ0v) is 11.7. The standard InChI is InChI=1S/C14H25N3O2/c1-9-10(5-4-6-11(9)15)14(19)17-8-3-2-7-12(17)13(16)18/h9-12H,2-8,15H2,1H3,(H2,16,18). The predicted octanol–water partition coefficient (Wildman–Crippen LogP) is 0.616. The van der Waals surface area contributed by atoms with Crippen LogP contribution in [0, 0.1) is 11.8 Å². The minimum atomic E-state index is -0.411. The van der Waals surface area contributed by atoms with E-state index in [1.165, 1.54) is 0 Å². The van der Waals surface area contributed by atoms with Crippen LogP contribution in [0.1, 0.15) is 45.4 Å². The second-order valence-corrected chi connectivity index (χ2v) is 6.01. The summed E-state index contributed by atoms with van der Waals surface area (Å²) >= 11 is 0. The Morgan fingerprint density at radius 2 is 1.84 bits per heavy atom. The molecule has 4 atom stereocenters. The van der Waals surface area contributed by atoms with E-state index in [1.54, 1.807) is 4.90 Å². The van der Waals surface area contributed by atoms with Gasteiger partial charge in [0, 0.05) is 18.5 Å². The predicted molar refractivity (Wildman–Crippen MR) is 73.0 cm³/mol. The van der Waals surface area contributed by atoms with E-state index in [1.807, 2.05) is 0 Å². The number of piperidine rings is 1. The third kappa shape index (κ3) is 2.91. The summed E-state index contributed by atoms with van der Waals surface area (Å²) in [6, 6.07) is -0.314. The van der Waals surface area contributed by atoms with Crippen molar-refractivity contribution in [2.75, 3.05) is 6.54 Å². The second kappa shape index (κ2) is 5.90. The number of carbonyl (C=O) groups is 2. The van der Waals surface area contributed by atoms with Crippen LogP contribution in [0.3, 0.4) is 0 Å². The average Bonchev–Trinajstić information content (AvgIpc) is 2.41. The first-order chi connectivity index (χ1) is 9.02. The number of nitrogens with two attached hydrogens (primary N) is 2. The quantitative estimate of drug-likeness (QED) is 0.768. The van der Waals surface area contributed by atoms with Crippen LogP contribution in [0.2, 0.25) is 0 Å². The topological polar surface area (TPSA) is 89.4 Å². The lowest BCUT2D eigenvalue weighted by atomic mass is 9.76. The van der Waals surface area contributed by atoms with Gasteiger partial charge in [0.15, 0.2) is 0 Å². The summed E-state index contributed by atoms with van der Waals surface area (Å²) in [6.07, 6.45) is 5.50. The van der Waals surface area contributed by atoms with E-state index in [0.717, 1.165) is 32.1 Å². The Morgan fingerprint density at radius 3 is 2.53 bits per heavy atom. The molecule has 2 rings (SSSR count). The first-order valence-electron chi connectivity index (χ1n) is 7.37. The van der Waals surface area contributed by atoms with E-state index in [2.05, 4.69) is 6.92 Å². The molecule has 0 aromatic heterocycles. The molecule has 2 fully saturated rings.